The van der Waals surface area contributed by atoms with Crippen molar-refractivity contribution in [2.75, 3.05) is 11.7 Å². The fraction of sp³-hybridized carbons (Fsp3) is 0.360. The quantitative estimate of drug-likeness (QED) is 0.542. The zero-order valence-corrected chi connectivity index (χ0v) is 18.8. The molecule has 2 aliphatic rings. The Hall–Kier alpha value is -3.28. The predicted octanol–water partition coefficient (Wildman–Crippen LogP) is 5.11. The molecule has 4 rings (SSSR count). The van der Waals surface area contributed by atoms with E-state index >= 15 is 0 Å². The van der Waals surface area contributed by atoms with E-state index in [0.717, 1.165) is 21.6 Å². The van der Waals surface area contributed by atoms with Gasteiger partial charge in [-0.3, -0.25) is 4.79 Å². The smallest absolute Gasteiger partial charge is 0.333 e. The number of nitrogens with one attached hydrogen (secondary N) is 1. The van der Waals surface area contributed by atoms with E-state index in [1.807, 2.05) is 6.07 Å². The Balaban J connectivity index is 1.87. The molecule has 2 aromatic carbocycles. The molecule has 1 fully saturated rings. The van der Waals surface area contributed by atoms with Crippen LogP contribution in [-0.4, -0.2) is 18.7 Å². The first-order chi connectivity index (χ1) is 14.5. The number of carbonyl (C=O) groups excluding carboxylic acids is 2. The summed E-state index contributed by atoms with van der Waals surface area (Å²) in [5, 5.41) is 2.72. The van der Waals surface area contributed by atoms with Crippen LogP contribution in [0.25, 0.3) is 6.08 Å². The van der Waals surface area contributed by atoms with E-state index in [9.17, 15) is 9.59 Å². The highest BCUT2D eigenvalue weighted by molar-refractivity contribution is 6.28. The molecule has 0 aliphatic carbocycles. The minimum absolute atomic E-state index is 0.124. The number of para-hydroxylation sites is 1. The zero-order valence-electron chi connectivity index (χ0n) is 18.8. The number of anilines is 1. The molecule has 6 nitrogen and oxygen atoms in total. The van der Waals surface area contributed by atoms with Crippen molar-refractivity contribution in [1.29, 1.82) is 0 Å². The molecule has 0 saturated carbocycles. The molecule has 2 aliphatic heterocycles. The summed E-state index contributed by atoms with van der Waals surface area (Å²) >= 11 is 0. The minimum Gasteiger partial charge on any atom is -0.453 e. The van der Waals surface area contributed by atoms with Gasteiger partial charge in [-0.15, -0.1) is 0 Å². The number of hydrogen-bond acceptors (Lipinski definition) is 4. The summed E-state index contributed by atoms with van der Waals surface area (Å²) in [4.78, 5) is 26.8. The summed E-state index contributed by atoms with van der Waals surface area (Å²) in [6.07, 6.45) is 1.71. The molecule has 0 aromatic heterocycles. The third-order valence-corrected chi connectivity index (χ3v) is 5.48. The number of nitrogens with zero attached hydrogens (tertiary/aromatic N) is 1. The molecule has 31 heavy (non-hydrogen) atoms. The van der Waals surface area contributed by atoms with E-state index in [1.165, 1.54) is 0 Å². The average Bonchev–Trinajstić information content (AvgIpc) is 3.26. The lowest BCUT2D eigenvalue weighted by Gasteiger charge is -2.28. The largest absolute Gasteiger partial charge is 0.453 e. The van der Waals surface area contributed by atoms with E-state index < -0.39 is 11.9 Å². The van der Waals surface area contributed by atoms with E-state index in [4.69, 9.17) is 9.47 Å². The number of amides is 3. The Morgan fingerprint density at radius 1 is 0.903 bits per heavy atom. The predicted molar refractivity (Wildman–Crippen MR) is 120 cm³/mol. The Morgan fingerprint density at radius 3 is 2.13 bits per heavy atom. The second-order valence-corrected chi connectivity index (χ2v) is 9.91. The lowest BCUT2D eigenvalue weighted by atomic mass is 9.77. The summed E-state index contributed by atoms with van der Waals surface area (Å²) in [6, 6.07) is 10.5. The Morgan fingerprint density at radius 2 is 1.52 bits per heavy atom. The van der Waals surface area contributed by atoms with Crippen LogP contribution in [0.4, 0.5) is 10.5 Å². The molecule has 1 N–H and O–H groups in total. The van der Waals surface area contributed by atoms with Crippen LogP contribution in [0.15, 0.2) is 42.1 Å². The number of rotatable bonds is 2. The molecule has 0 radical (unpaired) electrons. The van der Waals surface area contributed by atoms with Crippen LogP contribution in [0.2, 0.25) is 0 Å². The van der Waals surface area contributed by atoms with Gasteiger partial charge in [-0.2, -0.15) is 0 Å². The highest BCUT2D eigenvalue weighted by Gasteiger charge is 2.37. The number of urea groups is 1. The van der Waals surface area contributed by atoms with Crippen LogP contribution in [0, 0.1) is 0 Å². The Bertz CT molecular complexity index is 1090. The van der Waals surface area contributed by atoms with Gasteiger partial charge in [-0.25, -0.2) is 9.69 Å². The molecule has 0 atom stereocenters. The maximum atomic E-state index is 13.1. The summed E-state index contributed by atoms with van der Waals surface area (Å²) in [5.41, 5.74) is 3.20. The van der Waals surface area contributed by atoms with Crippen molar-refractivity contribution in [3.63, 3.8) is 0 Å². The summed E-state index contributed by atoms with van der Waals surface area (Å²) in [7, 11) is 0. The molecule has 0 spiro atoms. The van der Waals surface area contributed by atoms with Crippen molar-refractivity contribution >= 4 is 23.7 Å². The molecule has 0 unspecified atom stereocenters. The van der Waals surface area contributed by atoms with Crippen molar-refractivity contribution in [2.24, 2.45) is 0 Å². The number of carbonyl (C=O) groups is 2. The van der Waals surface area contributed by atoms with Crippen LogP contribution < -0.4 is 19.7 Å². The molecule has 162 valence electrons. The van der Waals surface area contributed by atoms with Crippen molar-refractivity contribution in [1.82, 2.24) is 5.32 Å². The fourth-order valence-corrected chi connectivity index (χ4v) is 3.90. The molecular formula is C25H28N2O4. The highest BCUT2D eigenvalue weighted by Crippen LogP contribution is 2.48. The number of ether oxygens (including phenoxy) is 2. The summed E-state index contributed by atoms with van der Waals surface area (Å²) < 4.78 is 11.7. The first-order valence-electron chi connectivity index (χ1n) is 10.4. The SMILES string of the molecule is CC(C)(C)c1cc(C(C)(C)C)c2c(c1/C=C1\NC(=O)N(c3ccccc3)C1=O)OCO2. The second-order valence-electron chi connectivity index (χ2n) is 9.91. The fourth-order valence-electron chi connectivity index (χ4n) is 3.90. The van der Waals surface area contributed by atoms with Gasteiger partial charge in [0, 0.05) is 11.1 Å². The summed E-state index contributed by atoms with van der Waals surface area (Å²) in [6.45, 7) is 12.9. The van der Waals surface area contributed by atoms with Gasteiger partial charge < -0.3 is 14.8 Å². The van der Waals surface area contributed by atoms with E-state index in [2.05, 4.69) is 52.9 Å². The van der Waals surface area contributed by atoms with E-state index in [0.29, 0.717) is 17.2 Å². The molecule has 3 amide bonds. The lowest BCUT2D eigenvalue weighted by molar-refractivity contribution is -0.113. The number of hydrogen-bond donors (Lipinski definition) is 1. The van der Waals surface area contributed by atoms with Crippen LogP contribution in [-0.2, 0) is 15.6 Å². The van der Waals surface area contributed by atoms with Crippen molar-refractivity contribution in [3.8, 4) is 11.5 Å². The van der Waals surface area contributed by atoms with Gasteiger partial charge in [0.1, 0.15) is 5.70 Å². The third kappa shape index (κ3) is 3.67. The topological polar surface area (TPSA) is 67.9 Å². The maximum Gasteiger partial charge on any atom is 0.333 e. The first-order valence-corrected chi connectivity index (χ1v) is 10.4. The number of imide groups is 1. The molecule has 2 heterocycles. The van der Waals surface area contributed by atoms with E-state index in [1.54, 1.807) is 30.3 Å². The van der Waals surface area contributed by atoms with Crippen LogP contribution >= 0.6 is 0 Å². The number of fused-ring (bicyclic) bond motifs is 1. The Kier molecular flexibility index (Phi) is 4.84. The van der Waals surface area contributed by atoms with Gasteiger partial charge in [0.15, 0.2) is 11.5 Å². The molecule has 0 bridgehead atoms. The highest BCUT2D eigenvalue weighted by atomic mass is 16.7. The van der Waals surface area contributed by atoms with Crippen molar-refractivity contribution in [2.45, 2.75) is 52.4 Å². The van der Waals surface area contributed by atoms with E-state index in [-0.39, 0.29) is 23.3 Å². The zero-order chi connectivity index (χ0) is 22.6. The number of benzene rings is 2. The molecule has 2 aromatic rings. The monoisotopic (exact) mass is 420 g/mol. The van der Waals surface area contributed by atoms with Gasteiger partial charge in [0.2, 0.25) is 6.79 Å². The standard InChI is InChI=1S/C25H28N2O4/c1-24(2,3)17-13-18(25(4,5)6)21-20(30-14-31-21)16(17)12-19-22(28)27(23(29)26-19)15-10-8-7-9-11-15/h7-13H,14H2,1-6H3,(H,26,29)/b19-12-. The Labute approximate surface area is 182 Å². The van der Waals surface area contributed by atoms with Gasteiger partial charge >= 0.3 is 6.03 Å². The van der Waals surface area contributed by atoms with Gasteiger partial charge in [-0.05, 0) is 34.6 Å². The third-order valence-electron chi connectivity index (χ3n) is 5.48. The van der Waals surface area contributed by atoms with Gasteiger partial charge in [-0.1, -0.05) is 65.8 Å². The van der Waals surface area contributed by atoms with Crippen LogP contribution in [0.5, 0.6) is 11.5 Å². The minimum atomic E-state index is -0.472. The molecule has 1 saturated heterocycles. The first kappa shape index (κ1) is 21.0. The molecular weight excluding hydrogens is 392 g/mol. The van der Waals surface area contributed by atoms with Crippen molar-refractivity contribution < 1.29 is 19.1 Å². The normalized spacial score (nSPS) is 17.5. The van der Waals surface area contributed by atoms with Crippen LogP contribution in [0.1, 0.15) is 58.2 Å². The van der Waals surface area contributed by atoms with Gasteiger partial charge in [0.25, 0.3) is 5.91 Å². The van der Waals surface area contributed by atoms with Crippen molar-refractivity contribution in [3.05, 3.63) is 58.8 Å². The summed E-state index contributed by atoms with van der Waals surface area (Å²) in [5.74, 6) is 0.915. The van der Waals surface area contributed by atoms with Gasteiger partial charge in [0.05, 0.1) is 5.69 Å². The molecule has 6 heteroatoms. The lowest BCUT2D eigenvalue weighted by Crippen LogP contribution is -2.30. The van der Waals surface area contributed by atoms with Crippen LogP contribution in [0.3, 0.4) is 0 Å². The average molecular weight is 421 g/mol. The second kappa shape index (κ2) is 7.15. The maximum absolute atomic E-state index is 13.1.